The first-order chi connectivity index (χ1) is 6.00. The van der Waals surface area contributed by atoms with Crippen LogP contribution in [0.4, 0.5) is 0 Å². The van der Waals surface area contributed by atoms with Crippen molar-refractivity contribution in [3.05, 3.63) is 27.4 Å². The maximum Gasteiger partial charge on any atom is 0.254 e. The number of nitrogens with one attached hydrogen (secondary N) is 1. The number of aromatic amines is 1. The van der Waals surface area contributed by atoms with Gasteiger partial charge in [0.15, 0.2) is 0 Å². The van der Waals surface area contributed by atoms with Crippen molar-refractivity contribution in [3.8, 4) is 0 Å². The summed E-state index contributed by atoms with van der Waals surface area (Å²) in [6, 6.07) is 0.0188. The van der Waals surface area contributed by atoms with Crippen molar-refractivity contribution in [2.24, 2.45) is 5.73 Å². The summed E-state index contributed by atoms with van der Waals surface area (Å²) >= 11 is 0. The van der Waals surface area contributed by atoms with Crippen LogP contribution in [-0.4, -0.2) is 16.0 Å². The molecular weight excluding hydrogens is 166 g/mol. The van der Waals surface area contributed by atoms with Crippen molar-refractivity contribution in [1.82, 2.24) is 9.97 Å². The summed E-state index contributed by atoms with van der Waals surface area (Å²) in [5.74, 6) is 0.670. The average molecular weight is 181 g/mol. The van der Waals surface area contributed by atoms with Crippen molar-refractivity contribution in [2.45, 2.75) is 33.2 Å². The molecule has 1 atom stereocenters. The molecule has 1 unspecified atom stereocenters. The number of rotatable bonds is 2. The van der Waals surface area contributed by atoms with Gasteiger partial charge in [0.1, 0.15) is 5.82 Å². The van der Waals surface area contributed by atoms with Gasteiger partial charge in [-0.15, -0.1) is 0 Å². The van der Waals surface area contributed by atoms with Crippen LogP contribution < -0.4 is 11.3 Å². The van der Waals surface area contributed by atoms with Crippen LogP contribution in [-0.2, 0) is 6.42 Å². The minimum Gasteiger partial charge on any atom is -0.328 e. The van der Waals surface area contributed by atoms with Crippen LogP contribution in [0.25, 0.3) is 0 Å². The highest BCUT2D eigenvalue weighted by Crippen LogP contribution is 1.98. The van der Waals surface area contributed by atoms with Gasteiger partial charge in [-0.2, -0.15) is 0 Å². The zero-order chi connectivity index (χ0) is 10.0. The molecule has 0 aliphatic carbocycles. The maximum absolute atomic E-state index is 11.3. The number of aryl methyl sites for hydroxylation is 1. The molecule has 0 amide bonds. The largest absolute Gasteiger partial charge is 0.328 e. The van der Waals surface area contributed by atoms with E-state index in [4.69, 9.17) is 5.73 Å². The van der Waals surface area contributed by atoms with Crippen LogP contribution in [0.2, 0.25) is 0 Å². The minimum absolute atomic E-state index is 0.0188. The van der Waals surface area contributed by atoms with E-state index in [1.165, 1.54) is 0 Å². The minimum atomic E-state index is -0.0665. The molecule has 1 heterocycles. The van der Waals surface area contributed by atoms with E-state index in [1.54, 1.807) is 6.92 Å². The fourth-order valence-electron chi connectivity index (χ4n) is 1.11. The first kappa shape index (κ1) is 9.92. The van der Waals surface area contributed by atoms with Gasteiger partial charge in [-0.3, -0.25) is 4.79 Å². The summed E-state index contributed by atoms with van der Waals surface area (Å²) in [6.07, 6.45) is 0.608. The number of hydrogen-bond acceptors (Lipinski definition) is 3. The Labute approximate surface area is 77.2 Å². The lowest BCUT2D eigenvalue weighted by molar-refractivity contribution is 0.693. The van der Waals surface area contributed by atoms with E-state index in [-0.39, 0.29) is 11.6 Å². The van der Waals surface area contributed by atoms with E-state index < -0.39 is 0 Å². The summed E-state index contributed by atoms with van der Waals surface area (Å²) in [5, 5.41) is 0. The standard InChI is InChI=1S/C9H15N3O/c1-5(10)4-8-11-7(3)6(2)9(13)12-8/h5H,4,10H2,1-3H3,(H,11,12,13). The number of nitrogens with zero attached hydrogens (tertiary/aromatic N) is 1. The molecule has 1 rings (SSSR count). The van der Waals surface area contributed by atoms with E-state index >= 15 is 0 Å². The van der Waals surface area contributed by atoms with Gasteiger partial charge < -0.3 is 10.7 Å². The lowest BCUT2D eigenvalue weighted by Crippen LogP contribution is -2.23. The van der Waals surface area contributed by atoms with Crippen LogP contribution in [0.3, 0.4) is 0 Å². The fraction of sp³-hybridized carbons (Fsp3) is 0.556. The third-order valence-corrected chi connectivity index (χ3v) is 1.96. The predicted molar refractivity (Wildman–Crippen MR) is 51.7 cm³/mol. The van der Waals surface area contributed by atoms with E-state index in [9.17, 15) is 4.79 Å². The van der Waals surface area contributed by atoms with Crippen LogP contribution >= 0.6 is 0 Å². The predicted octanol–water partition coefficient (Wildman–Crippen LogP) is 0.276. The molecule has 3 N–H and O–H groups in total. The molecule has 72 valence electrons. The van der Waals surface area contributed by atoms with Gasteiger partial charge in [-0.25, -0.2) is 4.98 Å². The quantitative estimate of drug-likeness (QED) is 0.688. The normalized spacial score (nSPS) is 12.9. The molecule has 0 aliphatic rings. The summed E-state index contributed by atoms with van der Waals surface area (Å²) in [7, 11) is 0. The van der Waals surface area contributed by atoms with Crippen LogP contribution in [0.15, 0.2) is 4.79 Å². The second-order valence-corrected chi connectivity index (χ2v) is 3.40. The van der Waals surface area contributed by atoms with Crippen molar-refractivity contribution in [1.29, 1.82) is 0 Å². The molecule has 1 aromatic rings. The van der Waals surface area contributed by atoms with Crippen LogP contribution in [0, 0.1) is 13.8 Å². The lowest BCUT2D eigenvalue weighted by Gasteiger charge is -2.05. The van der Waals surface area contributed by atoms with Gasteiger partial charge in [0, 0.05) is 23.7 Å². The van der Waals surface area contributed by atoms with Crippen LogP contribution in [0.1, 0.15) is 24.0 Å². The molecule has 0 radical (unpaired) electrons. The zero-order valence-electron chi connectivity index (χ0n) is 8.22. The Morgan fingerprint density at radius 2 is 2.15 bits per heavy atom. The molecule has 4 nitrogen and oxygen atoms in total. The molecule has 0 fully saturated rings. The van der Waals surface area contributed by atoms with Gasteiger partial charge in [0.25, 0.3) is 5.56 Å². The first-order valence-electron chi connectivity index (χ1n) is 4.32. The topological polar surface area (TPSA) is 71.8 Å². The molecule has 0 spiro atoms. The highest BCUT2D eigenvalue weighted by atomic mass is 16.1. The van der Waals surface area contributed by atoms with Crippen molar-refractivity contribution < 1.29 is 0 Å². The van der Waals surface area contributed by atoms with Crippen molar-refractivity contribution in [2.75, 3.05) is 0 Å². The molecule has 13 heavy (non-hydrogen) atoms. The Balaban J connectivity index is 3.06. The van der Waals surface area contributed by atoms with Gasteiger partial charge in [-0.05, 0) is 20.8 Å². The Hall–Kier alpha value is -1.16. The molecule has 0 aliphatic heterocycles. The summed E-state index contributed by atoms with van der Waals surface area (Å²) in [5.41, 5.74) is 6.99. The molecule has 0 bridgehead atoms. The second kappa shape index (κ2) is 3.70. The smallest absolute Gasteiger partial charge is 0.254 e. The summed E-state index contributed by atoms with van der Waals surface area (Å²) in [4.78, 5) is 18.2. The fourth-order valence-corrected chi connectivity index (χ4v) is 1.11. The average Bonchev–Trinajstić information content (AvgIpc) is 1.98. The Morgan fingerprint density at radius 1 is 1.54 bits per heavy atom. The van der Waals surface area contributed by atoms with Gasteiger partial charge in [-0.1, -0.05) is 0 Å². The van der Waals surface area contributed by atoms with E-state index in [1.807, 2.05) is 13.8 Å². The van der Waals surface area contributed by atoms with E-state index in [2.05, 4.69) is 9.97 Å². The third-order valence-electron chi connectivity index (χ3n) is 1.96. The molecule has 0 saturated heterocycles. The number of hydrogen-bond donors (Lipinski definition) is 2. The SMILES string of the molecule is Cc1nc(CC(C)N)[nH]c(=O)c1C. The van der Waals surface area contributed by atoms with Gasteiger partial charge in [0.05, 0.1) is 0 Å². The van der Waals surface area contributed by atoms with Gasteiger partial charge in [0.2, 0.25) is 0 Å². The number of H-pyrrole nitrogens is 1. The second-order valence-electron chi connectivity index (χ2n) is 3.40. The van der Waals surface area contributed by atoms with Crippen molar-refractivity contribution in [3.63, 3.8) is 0 Å². The van der Waals surface area contributed by atoms with Crippen LogP contribution in [0.5, 0.6) is 0 Å². The Kier molecular flexibility index (Phi) is 2.83. The molecule has 4 heteroatoms. The first-order valence-corrected chi connectivity index (χ1v) is 4.32. The van der Waals surface area contributed by atoms with Crippen molar-refractivity contribution >= 4 is 0 Å². The Bertz CT molecular complexity index is 354. The lowest BCUT2D eigenvalue weighted by atomic mass is 10.2. The highest BCUT2D eigenvalue weighted by Gasteiger charge is 2.04. The molecular formula is C9H15N3O. The monoisotopic (exact) mass is 181 g/mol. The molecule has 0 aromatic carbocycles. The van der Waals surface area contributed by atoms with Gasteiger partial charge >= 0.3 is 0 Å². The van der Waals surface area contributed by atoms with E-state index in [0.29, 0.717) is 17.8 Å². The Morgan fingerprint density at radius 3 is 2.62 bits per heavy atom. The van der Waals surface area contributed by atoms with E-state index in [0.717, 1.165) is 5.69 Å². The number of nitrogens with two attached hydrogens (primary N) is 1. The molecule has 0 saturated carbocycles. The highest BCUT2D eigenvalue weighted by molar-refractivity contribution is 5.14. The molecule has 1 aromatic heterocycles. The summed E-state index contributed by atoms with van der Waals surface area (Å²) < 4.78 is 0. The third kappa shape index (κ3) is 2.39. The number of aromatic nitrogens is 2. The zero-order valence-corrected chi connectivity index (χ0v) is 8.22. The maximum atomic E-state index is 11.3. The summed E-state index contributed by atoms with van der Waals surface area (Å²) in [6.45, 7) is 5.47.